The number of fused-ring (bicyclic) bond motifs is 1. The molecule has 2 rings (SSSR count). The van der Waals surface area contributed by atoms with Gasteiger partial charge in [0.15, 0.2) is 0 Å². The van der Waals surface area contributed by atoms with Gasteiger partial charge in [-0.25, -0.2) is 4.79 Å². The number of para-hydroxylation sites is 1. The molecule has 0 atom stereocenters. The molecule has 0 bridgehead atoms. The number of halogens is 1. The molecule has 0 saturated carbocycles. The molecule has 0 aliphatic heterocycles. The van der Waals surface area contributed by atoms with Gasteiger partial charge in [0.05, 0.1) is 17.5 Å². The Bertz CT molecular complexity index is 841. The molecule has 2 aromatic rings. The van der Waals surface area contributed by atoms with Crippen LogP contribution in [0.5, 0.6) is 0 Å². The van der Waals surface area contributed by atoms with Crippen molar-refractivity contribution in [3.8, 4) is 0 Å². The van der Waals surface area contributed by atoms with Gasteiger partial charge in [-0.3, -0.25) is 18.7 Å². The molecule has 0 saturated heterocycles. The summed E-state index contributed by atoms with van der Waals surface area (Å²) in [6.45, 7) is 2.76. The molecule has 0 fully saturated rings. The third-order valence-corrected chi connectivity index (χ3v) is 4.23. The van der Waals surface area contributed by atoms with Crippen LogP contribution >= 0.6 is 11.6 Å². The summed E-state index contributed by atoms with van der Waals surface area (Å²) < 4.78 is 7.71. The number of benzene rings is 1. The van der Waals surface area contributed by atoms with Gasteiger partial charge in [-0.15, -0.1) is 11.6 Å². The van der Waals surface area contributed by atoms with E-state index in [0.29, 0.717) is 36.4 Å². The number of nitrogens with zero attached hydrogens (tertiary/aromatic N) is 2. The fraction of sp³-hybridized carbons (Fsp3) is 0.500. The van der Waals surface area contributed by atoms with Crippen molar-refractivity contribution in [2.45, 2.75) is 45.7 Å². The molecule has 1 heterocycles. The number of ether oxygens (including phenoxy) is 1. The molecule has 0 aliphatic rings. The molecule has 0 radical (unpaired) electrons. The molecular formula is C18H23ClN2O4. The molecule has 6 nitrogen and oxygen atoms in total. The third kappa shape index (κ3) is 4.72. The Morgan fingerprint density at radius 2 is 1.80 bits per heavy atom. The Hall–Kier alpha value is -2.08. The first-order valence-corrected chi connectivity index (χ1v) is 9.07. The molecule has 7 heteroatoms. The van der Waals surface area contributed by atoms with Crippen LogP contribution in [0.1, 0.15) is 32.6 Å². The van der Waals surface area contributed by atoms with E-state index in [-0.39, 0.29) is 30.2 Å². The predicted molar refractivity (Wildman–Crippen MR) is 98.3 cm³/mol. The number of alkyl halides is 1. The summed E-state index contributed by atoms with van der Waals surface area (Å²) in [4.78, 5) is 36.9. The molecule has 0 N–H and O–H groups in total. The highest BCUT2D eigenvalue weighted by molar-refractivity contribution is 6.17. The zero-order valence-corrected chi connectivity index (χ0v) is 15.1. The lowest BCUT2D eigenvalue weighted by molar-refractivity contribution is -0.143. The molecule has 0 unspecified atom stereocenters. The van der Waals surface area contributed by atoms with Gasteiger partial charge < -0.3 is 4.74 Å². The molecular weight excluding hydrogens is 344 g/mol. The van der Waals surface area contributed by atoms with Crippen LogP contribution in [0.15, 0.2) is 33.9 Å². The van der Waals surface area contributed by atoms with Crippen LogP contribution < -0.4 is 11.2 Å². The number of hydrogen-bond donors (Lipinski definition) is 0. The fourth-order valence-electron chi connectivity index (χ4n) is 2.76. The summed E-state index contributed by atoms with van der Waals surface area (Å²) in [5.74, 6) is 0.213. The highest BCUT2D eigenvalue weighted by Gasteiger charge is 2.13. The van der Waals surface area contributed by atoms with Crippen LogP contribution in [0, 0.1) is 0 Å². The lowest BCUT2D eigenvalue weighted by Crippen LogP contribution is -2.40. The van der Waals surface area contributed by atoms with Crippen molar-refractivity contribution in [3.63, 3.8) is 0 Å². The Balaban J connectivity index is 2.34. The van der Waals surface area contributed by atoms with Crippen LogP contribution in [0.2, 0.25) is 0 Å². The Morgan fingerprint density at radius 1 is 1.08 bits per heavy atom. The maximum absolute atomic E-state index is 12.8. The summed E-state index contributed by atoms with van der Waals surface area (Å²) in [7, 11) is 0. The van der Waals surface area contributed by atoms with Crippen LogP contribution in [0.3, 0.4) is 0 Å². The van der Waals surface area contributed by atoms with E-state index >= 15 is 0 Å². The normalized spacial score (nSPS) is 11.0. The summed E-state index contributed by atoms with van der Waals surface area (Å²) >= 11 is 5.72. The number of aryl methyl sites for hydroxylation is 1. The van der Waals surface area contributed by atoms with Crippen molar-refractivity contribution in [1.29, 1.82) is 0 Å². The zero-order chi connectivity index (χ0) is 18.2. The number of unbranched alkanes of at least 4 members (excludes halogenated alkanes) is 1. The highest BCUT2D eigenvalue weighted by Crippen LogP contribution is 2.09. The number of esters is 1. The van der Waals surface area contributed by atoms with Crippen LogP contribution in [0.25, 0.3) is 10.9 Å². The smallest absolute Gasteiger partial charge is 0.331 e. The molecule has 1 aromatic heterocycles. The Morgan fingerprint density at radius 3 is 2.52 bits per heavy atom. The predicted octanol–water partition coefficient (Wildman–Crippen LogP) is 2.53. The number of rotatable bonds is 9. The number of carbonyl (C=O) groups excluding carboxylic acids is 1. The monoisotopic (exact) mass is 366 g/mol. The SMILES string of the molecule is CCOC(=O)CCCn1c(=O)c2ccccc2n(CCCCCl)c1=O. The van der Waals surface area contributed by atoms with Crippen molar-refractivity contribution in [1.82, 2.24) is 9.13 Å². The molecule has 0 spiro atoms. The van der Waals surface area contributed by atoms with Gasteiger partial charge in [0.2, 0.25) is 0 Å². The molecule has 0 aliphatic carbocycles. The van der Waals surface area contributed by atoms with E-state index in [1.165, 1.54) is 4.57 Å². The first kappa shape index (κ1) is 19.2. The largest absolute Gasteiger partial charge is 0.466 e. The molecule has 0 amide bonds. The van der Waals surface area contributed by atoms with Gasteiger partial charge >= 0.3 is 11.7 Å². The minimum atomic E-state index is -0.345. The van der Waals surface area contributed by atoms with Gasteiger partial charge in [0.1, 0.15) is 0 Å². The number of hydrogen-bond acceptors (Lipinski definition) is 4. The number of carbonyl (C=O) groups is 1. The average Bonchev–Trinajstić information content (AvgIpc) is 2.61. The first-order valence-electron chi connectivity index (χ1n) is 8.54. The van der Waals surface area contributed by atoms with Crippen molar-refractivity contribution < 1.29 is 9.53 Å². The fourth-order valence-corrected chi connectivity index (χ4v) is 2.95. The minimum absolute atomic E-state index is 0.179. The maximum atomic E-state index is 12.8. The average molecular weight is 367 g/mol. The van der Waals surface area contributed by atoms with Crippen molar-refractivity contribution in [3.05, 3.63) is 45.1 Å². The zero-order valence-electron chi connectivity index (χ0n) is 14.4. The van der Waals surface area contributed by atoms with Crippen LogP contribution in [-0.2, 0) is 22.6 Å². The van der Waals surface area contributed by atoms with E-state index < -0.39 is 0 Å². The van der Waals surface area contributed by atoms with E-state index in [1.807, 2.05) is 6.07 Å². The second kappa shape index (κ2) is 9.42. The second-order valence-electron chi connectivity index (χ2n) is 5.71. The molecule has 25 heavy (non-hydrogen) atoms. The topological polar surface area (TPSA) is 70.3 Å². The second-order valence-corrected chi connectivity index (χ2v) is 6.09. The van der Waals surface area contributed by atoms with Crippen molar-refractivity contribution in [2.24, 2.45) is 0 Å². The third-order valence-electron chi connectivity index (χ3n) is 3.97. The summed E-state index contributed by atoms with van der Waals surface area (Å²) in [6.07, 6.45) is 2.12. The molecule has 136 valence electrons. The van der Waals surface area contributed by atoms with Gasteiger partial charge in [-0.2, -0.15) is 0 Å². The lowest BCUT2D eigenvalue weighted by Gasteiger charge is -2.13. The Kier molecular flexibility index (Phi) is 7.25. The van der Waals surface area contributed by atoms with Crippen LogP contribution in [-0.4, -0.2) is 27.6 Å². The number of aromatic nitrogens is 2. The highest BCUT2D eigenvalue weighted by atomic mass is 35.5. The van der Waals surface area contributed by atoms with E-state index in [4.69, 9.17) is 16.3 Å². The minimum Gasteiger partial charge on any atom is -0.466 e. The summed E-state index contributed by atoms with van der Waals surface area (Å²) in [5.41, 5.74) is -0.0334. The van der Waals surface area contributed by atoms with Gasteiger partial charge in [0.25, 0.3) is 5.56 Å². The van der Waals surface area contributed by atoms with Gasteiger partial charge in [-0.05, 0) is 38.3 Å². The van der Waals surface area contributed by atoms with E-state index in [9.17, 15) is 14.4 Å². The maximum Gasteiger partial charge on any atom is 0.331 e. The van der Waals surface area contributed by atoms with Crippen LogP contribution in [0.4, 0.5) is 0 Å². The van der Waals surface area contributed by atoms with E-state index in [2.05, 4.69) is 0 Å². The van der Waals surface area contributed by atoms with E-state index in [0.717, 1.165) is 12.8 Å². The Labute approximate surface area is 151 Å². The standard InChI is InChI=1S/C18H23ClN2O4/c1-2-25-16(22)10-7-13-21-17(23)14-8-3-4-9-15(14)20(18(21)24)12-6-5-11-19/h3-4,8-9H,2,5-7,10-13H2,1H3. The lowest BCUT2D eigenvalue weighted by atomic mass is 10.2. The van der Waals surface area contributed by atoms with Gasteiger partial charge in [0, 0.05) is 25.4 Å². The summed E-state index contributed by atoms with van der Waals surface area (Å²) in [6, 6.07) is 7.09. The first-order chi connectivity index (χ1) is 12.1. The summed E-state index contributed by atoms with van der Waals surface area (Å²) in [5, 5.41) is 0.504. The molecule has 1 aromatic carbocycles. The quantitative estimate of drug-likeness (QED) is 0.388. The van der Waals surface area contributed by atoms with Crippen molar-refractivity contribution >= 4 is 28.5 Å². The van der Waals surface area contributed by atoms with Gasteiger partial charge in [-0.1, -0.05) is 12.1 Å². The van der Waals surface area contributed by atoms with Crippen molar-refractivity contribution in [2.75, 3.05) is 12.5 Å². The van der Waals surface area contributed by atoms with E-state index in [1.54, 1.807) is 29.7 Å².